The third-order valence-electron chi connectivity index (χ3n) is 2.14. The van der Waals surface area contributed by atoms with Crippen LogP contribution in [0.25, 0.3) is 0 Å². The Morgan fingerprint density at radius 3 is 2.64 bits per heavy atom. The van der Waals surface area contributed by atoms with Crippen LogP contribution in [0.5, 0.6) is 0 Å². The van der Waals surface area contributed by atoms with E-state index in [-0.39, 0.29) is 5.92 Å². The summed E-state index contributed by atoms with van der Waals surface area (Å²) in [6.07, 6.45) is 0. The van der Waals surface area contributed by atoms with E-state index in [1.807, 2.05) is 19.2 Å². The zero-order valence-electron chi connectivity index (χ0n) is 8.06. The molecule has 0 aliphatic heterocycles. The van der Waals surface area contributed by atoms with Gasteiger partial charge in [0.05, 0.1) is 0 Å². The Balaban J connectivity index is 2.92. The summed E-state index contributed by atoms with van der Waals surface area (Å²) in [6.45, 7) is 1.39. The summed E-state index contributed by atoms with van der Waals surface area (Å²) in [4.78, 5) is 0. The van der Waals surface area contributed by atoms with Gasteiger partial charge < -0.3 is 11.1 Å². The van der Waals surface area contributed by atoms with Crippen LogP contribution in [0.15, 0.2) is 18.2 Å². The van der Waals surface area contributed by atoms with Crippen molar-refractivity contribution in [1.82, 2.24) is 5.32 Å². The van der Waals surface area contributed by atoms with E-state index in [1.165, 1.54) is 0 Å². The zero-order valence-corrected chi connectivity index (χ0v) is 9.57. The van der Waals surface area contributed by atoms with Crippen molar-refractivity contribution in [2.45, 2.75) is 5.92 Å². The lowest BCUT2D eigenvalue weighted by Crippen LogP contribution is -2.24. The van der Waals surface area contributed by atoms with Crippen molar-refractivity contribution >= 4 is 23.2 Å². The molecule has 78 valence electrons. The number of nitrogens with two attached hydrogens (primary N) is 1. The van der Waals surface area contributed by atoms with E-state index in [1.54, 1.807) is 6.07 Å². The number of likely N-dealkylation sites (N-methyl/N-ethyl adjacent to an activating group) is 1. The van der Waals surface area contributed by atoms with Gasteiger partial charge in [-0.15, -0.1) is 0 Å². The van der Waals surface area contributed by atoms with E-state index < -0.39 is 0 Å². The minimum Gasteiger partial charge on any atom is -0.330 e. The maximum atomic E-state index is 6.07. The molecule has 0 amide bonds. The van der Waals surface area contributed by atoms with Gasteiger partial charge in [-0.1, -0.05) is 29.3 Å². The molecule has 0 saturated heterocycles. The summed E-state index contributed by atoms with van der Waals surface area (Å²) < 4.78 is 0. The van der Waals surface area contributed by atoms with Gasteiger partial charge in [-0.3, -0.25) is 0 Å². The molecule has 1 rings (SSSR count). The Bertz CT molecular complexity index is 302. The minimum absolute atomic E-state index is 0.241. The predicted molar refractivity (Wildman–Crippen MR) is 62.2 cm³/mol. The van der Waals surface area contributed by atoms with Gasteiger partial charge in [-0.25, -0.2) is 0 Å². The lowest BCUT2D eigenvalue weighted by atomic mass is 9.99. The summed E-state index contributed by atoms with van der Waals surface area (Å²) >= 11 is 11.9. The van der Waals surface area contributed by atoms with Crippen LogP contribution < -0.4 is 11.1 Å². The topological polar surface area (TPSA) is 38.0 Å². The molecule has 0 aliphatic rings. The summed E-state index contributed by atoms with van der Waals surface area (Å²) in [6, 6.07) is 5.51. The Morgan fingerprint density at radius 2 is 2.14 bits per heavy atom. The number of benzene rings is 1. The average Bonchev–Trinajstić information content (AvgIpc) is 2.15. The smallest absolute Gasteiger partial charge is 0.0456 e. The van der Waals surface area contributed by atoms with Crippen molar-refractivity contribution in [1.29, 1.82) is 0 Å². The molecule has 0 heterocycles. The van der Waals surface area contributed by atoms with Crippen LogP contribution in [0, 0.1) is 0 Å². The van der Waals surface area contributed by atoms with Crippen LogP contribution >= 0.6 is 23.2 Å². The van der Waals surface area contributed by atoms with Gasteiger partial charge in [0.2, 0.25) is 0 Å². The highest BCUT2D eigenvalue weighted by Crippen LogP contribution is 2.26. The molecule has 0 radical (unpaired) electrons. The second-order valence-corrected chi connectivity index (χ2v) is 4.00. The maximum Gasteiger partial charge on any atom is 0.0456 e. The van der Waals surface area contributed by atoms with E-state index in [0.717, 1.165) is 12.1 Å². The Morgan fingerprint density at radius 1 is 1.43 bits per heavy atom. The highest BCUT2D eigenvalue weighted by molar-refractivity contribution is 6.35. The molecule has 4 heteroatoms. The molecule has 1 atom stereocenters. The number of hydrogen-bond donors (Lipinski definition) is 2. The second kappa shape index (κ2) is 5.56. The van der Waals surface area contributed by atoms with Crippen LogP contribution in [0.1, 0.15) is 11.5 Å². The van der Waals surface area contributed by atoms with Crippen molar-refractivity contribution in [3.63, 3.8) is 0 Å². The number of hydrogen-bond acceptors (Lipinski definition) is 2. The largest absolute Gasteiger partial charge is 0.330 e. The summed E-state index contributed by atoms with van der Waals surface area (Å²) in [5.41, 5.74) is 6.72. The fourth-order valence-electron chi connectivity index (χ4n) is 1.40. The molecule has 1 aromatic carbocycles. The zero-order chi connectivity index (χ0) is 10.6. The molecule has 0 spiro atoms. The van der Waals surface area contributed by atoms with Gasteiger partial charge >= 0.3 is 0 Å². The molecule has 1 aromatic rings. The number of rotatable bonds is 4. The highest BCUT2D eigenvalue weighted by Gasteiger charge is 2.12. The molecule has 14 heavy (non-hydrogen) atoms. The molecule has 2 nitrogen and oxygen atoms in total. The maximum absolute atomic E-state index is 6.07. The Kier molecular flexibility index (Phi) is 4.69. The fourth-order valence-corrected chi connectivity index (χ4v) is 1.96. The normalized spacial score (nSPS) is 12.9. The van der Waals surface area contributed by atoms with Crippen LogP contribution in [0.3, 0.4) is 0 Å². The van der Waals surface area contributed by atoms with Crippen molar-refractivity contribution in [2.75, 3.05) is 20.1 Å². The first kappa shape index (κ1) is 11.8. The third-order valence-corrected chi connectivity index (χ3v) is 2.70. The summed E-state index contributed by atoms with van der Waals surface area (Å²) in [5, 5.41) is 4.42. The van der Waals surface area contributed by atoms with Crippen molar-refractivity contribution in [2.24, 2.45) is 5.73 Å². The lowest BCUT2D eigenvalue weighted by molar-refractivity contribution is 0.637. The van der Waals surface area contributed by atoms with Crippen molar-refractivity contribution in [3.8, 4) is 0 Å². The van der Waals surface area contributed by atoms with E-state index in [4.69, 9.17) is 28.9 Å². The molecule has 0 aromatic heterocycles. The molecule has 0 aliphatic carbocycles. The molecular weight excluding hydrogens is 219 g/mol. The molecule has 1 unspecified atom stereocenters. The molecule has 3 N–H and O–H groups in total. The van der Waals surface area contributed by atoms with Gasteiger partial charge in [-0.05, 0) is 24.7 Å². The first-order chi connectivity index (χ1) is 6.69. The Labute approximate surface area is 94.4 Å². The second-order valence-electron chi connectivity index (χ2n) is 3.16. The SMILES string of the molecule is CNCC(CN)c1ccc(Cl)cc1Cl. The number of halogens is 2. The van der Waals surface area contributed by atoms with Gasteiger partial charge in [0.25, 0.3) is 0 Å². The summed E-state index contributed by atoms with van der Waals surface area (Å²) in [5.74, 6) is 0.241. The van der Waals surface area contributed by atoms with Crippen molar-refractivity contribution in [3.05, 3.63) is 33.8 Å². The quantitative estimate of drug-likeness (QED) is 0.837. The average molecular weight is 233 g/mol. The Hall–Kier alpha value is -0.280. The monoisotopic (exact) mass is 232 g/mol. The van der Waals surface area contributed by atoms with E-state index in [0.29, 0.717) is 16.6 Å². The van der Waals surface area contributed by atoms with Crippen LogP contribution in [-0.2, 0) is 0 Å². The van der Waals surface area contributed by atoms with Gasteiger partial charge in [0.15, 0.2) is 0 Å². The lowest BCUT2D eigenvalue weighted by Gasteiger charge is -2.16. The third kappa shape index (κ3) is 2.85. The van der Waals surface area contributed by atoms with Crippen LogP contribution in [0.2, 0.25) is 10.0 Å². The van der Waals surface area contributed by atoms with Gasteiger partial charge in [-0.2, -0.15) is 0 Å². The van der Waals surface area contributed by atoms with Crippen molar-refractivity contribution < 1.29 is 0 Å². The van der Waals surface area contributed by atoms with E-state index >= 15 is 0 Å². The minimum atomic E-state index is 0.241. The highest BCUT2D eigenvalue weighted by atomic mass is 35.5. The van der Waals surface area contributed by atoms with E-state index in [9.17, 15) is 0 Å². The fraction of sp³-hybridized carbons (Fsp3) is 0.400. The standard InChI is InChI=1S/C10H14Cl2N2/c1-14-6-7(5-13)9-3-2-8(11)4-10(9)12/h2-4,7,14H,5-6,13H2,1H3. The van der Waals surface area contributed by atoms with Crippen LogP contribution in [-0.4, -0.2) is 20.1 Å². The predicted octanol–water partition coefficient (Wildman–Crippen LogP) is 2.26. The summed E-state index contributed by atoms with van der Waals surface area (Å²) in [7, 11) is 1.90. The first-order valence-corrected chi connectivity index (χ1v) is 5.24. The van der Waals surface area contributed by atoms with Gasteiger partial charge in [0.1, 0.15) is 0 Å². The number of nitrogens with one attached hydrogen (secondary N) is 1. The van der Waals surface area contributed by atoms with E-state index in [2.05, 4.69) is 5.32 Å². The van der Waals surface area contributed by atoms with Gasteiger partial charge in [0, 0.05) is 29.1 Å². The molecule has 0 saturated carbocycles. The molecule has 0 bridgehead atoms. The molecule has 0 fully saturated rings. The first-order valence-electron chi connectivity index (χ1n) is 4.48. The molecular formula is C10H14Cl2N2. The van der Waals surface area contributed by atoms with Crippen LogP contribution in [0.4, 0.5) is 0 Å².